The second kappa shape index (κ2) is 7.17. The third kappa shape index (κ3) is 3.79. The number of para-hydroxylation sites is 1. The van der Waals surface area contributed by atoms with E-state index in [0.29, 0.717) is 23.5 Å². The molecule has 112 valence electrons. The van der Waals surface area contributed by atoms with Crippen LogP contribution >= 0.6 is 0 Å². The van der Waals surface area contributed by atoms with Crippen molar-refractivity contribution in [3.63, 3.8) is 0 Å². The fourth-order valence-electron chi connectivity index (χ4n) is 1.91. The van der Waals surface area contributed by atoms with Gasteiger partial charge in [0.15, 0.2) is 0 Å². The molecule has 2 N–H and O–H groups in total. The first kappa shape index (κ1) is 15.4. The first-order valence-corrected chi connectivity index (χ1v) is 6.85. The van der Waals surface area contributed by atoms with E-state index in [-0.39, 0.29) is 11.8 Å². The number of hydrogen-bond acceptors (Lipinski definition) is 3. The Kier molecular flexibility index (Phi) is 5.03. The Morgan fingerprint density at radius 2 is 1.91 bits per heavy atom. The van der Waals surface area contributed by atoms with E-state index >= 15 is 0 Å². The van der Waals surface area contributed by atoms with Crippen molar-refractivity contribution in [1.82, 2.24) is 10.3 Å². The van der Waals surface area contributed by atoms with Crippen LogP contribution in [0, 0.1) is 6.92 Å². The van der Waals surface area contributed by atoms with Crippen molar-refractivity contribution in [3.05, 3.63) is 72.1 Å². The van der Waals surface area contributed by atoms with E-state index in [0.717, 1.165) is 5.69 Å². The number of pyridine rings is 1. The van der Waals surface area contributed by atoms with Gasteiger partial charge in [0.05, 0.1) is 11.3 Å². The summed E-state index contributed by atoms with van der Waals surface area (Å²) in [6, 6.07) is 12.0. The number of aryl methyl sites for hydroxylation is 1. The zero-order valence-electron chi connectivity index (χ0n) is 12.3. The van der Waals surface area contributed by atoms with Gasteiger partial charge >= 0.3 is 0 Å². The number of hydrogen-bond donors (Lipinski definition) is 2. The Morgan fingerprint density at radius 3 is 2.64 bits per heavy atom. The molecule has 0 aliphatic rings. The highest BCUT2D eigenvalue weighted by molar-refractivity contribution is 6.08. The minimum absolute atomic E-state index is 0.270. The second-order valence-corrected chi connectivity index (χ2v) is 4.66. The average molecular weight is 295 g/mol. The molecule has 0 unspecified atom stereocenters. The van der Waals surface area contributed by atoms with Crippen LogP contribution in [0.4, 0.5) is 5.69 Å². The van der Waals surface area contributed by atoms with Crippen LogP contribution in [0.1, 0.15) is 26.5 Å². The van der Waals surface area contributed by atoms with Gasteiger partial charge in [-0.3, -0.25) is 9.59 Å². The van der Waals surface area contributed by atoms with Crippen LogP contribution in [0.15, 0.2) is 55.1 Å². The smallest absolute Gasteiger partial charge is 0.274 e. The van der Waals surface area contributed by atoms with Crippen LogP contribution in [0.5, 0.6) is 0 Å². The zero-order valence-corrected chi connectivity index (χ0v) is 12.3. The maximum Gasteiger partial charge on any atom is 0.274 e. The van der Waals surface area contributed by atoms with E-state index < -0.39 is 0 Å². The van der Waals surface area contributed by atoms with Crippen molar-refractivity contribution >= 4 is 17.5 Å². The maximum atomic E-state index is 12.2. The standard InChI is InChI=1S/C17H17N3O2/c1-3-11-18-16(21)13-8-4-5-9-14(13)20-17(22)15-10-6-7-12(2)19-15/h3-10H,1,11H2,2H3,(H,18,21)(H,20,22). The second-order valence-electron chi connectivity index (χ2n) is 4.66. The summed E-state index contributed by atoms with van der Waals surface area (Å²) in [5.41, 5.74) is 1.90. The lowest BCUT2D eigenvalue weighted by atomic mass is 10.1. The highest BCUT2D eigenvalue weighted by atomic mass is 16.2. The largest absolute Gasteiger partial charge is 0.349 e. The number of nitrogens with one attached hydrogen (secondary N) is 2. The Bertz CT molecular complexity index is 711. The third-order valence-electron chi connectivity index (χ3n) is 2.95. The number of aromatic nitrogens is 1. The summed E-state index contributed by atoms with van der Waals surface area (Å²) in [6.45, 7) is 5.73. The van der Waals surface area contributed by atoms with Crippen molar-refractivity contribution in [1.29, 1.82) is 0 Å². The average Bonchev–Trinajstić information content (AvgIpc) is 2.53. The molecule has 2 aromatic rings. The predicted molar refractivity (Wildman–Crippen MR) is 85.9 cm³/mol. The molecule has 2 rings (SSSR count). The molecule has 2 amide bonds. The molecule has 0 bridgehead atoms. The van der Waals surface area contributed by atoms with Crippen LogP contribution in [-0.4, -0.2) is 23.3 Å². The molecule has 0 saturated heterocycles. The van der Waals surface area contributed by atoms with E-state index in [2.05, 4.69) is 22.2 Å². The number of carbonyl (C=O) groups excluding carboxylic acids is 2. The molecule has 1 aromatic heterocycles. The number of benzene rings is 1. The van der Waals surface area contributed by atoms with Crippen molar-refractivity contribution in [2.45, 2.75) is 6.92 Å². The van der Waals surface area contributed by atoms with Gasteiger partial charge in [-0.25, -0.2) is 4.98 Å². The summed E-state index contributed by atoms with van der Waals surface area (Å²) in [5, 5.41) is 5.41. The lowest BCUT2D eigenvalue weighted by Crippen LogP contribution is -2.25. The summed E-state index contributed by atoms with van der Waals surface area (Å²) in [6.07, 6.45) is 1.59. The van der Waals surface area contributed by atoms with E-state index in [1.807, 2.05) is 13.0 Å². The molecule has 5 heteroatoms. The quantitative estimate of drug-likeness (QED) is 0.833. The minimum atomic E-state index is -0.354. The SMILES string of the molecule is C=CCNC(=O)c1ccccc1NC(=O)c1cccc(C)n1. The fourth-order valence-corrected chi connectivity index (χ4v) is 1.91. The van der Waals surface area contributed by atoms with Crippen molar-refractivity contribution < 1.29 is 9.59 Å². The molecule has 0 aliphatic carbocycles. The van der Waals surface area contributed by atoms with Crippen LogP contribution in [-0.2, 0) is 0 Å². The van der Waals surface area contributed by atoms with Gasteiger partial charge in [-0.1, -0.05) is 24.3 Å². The third-order valence-corrected chi connectivity index (χ3v) is 2.95. The number of anilines is 1. The summed E-state index contributed by atoms with van der Waals surface area (Å²) in [7, 11) is 0. The molecule has 0 atom stereocenters. The summed E-state index contributed by atoms with van der Waals surface area (Å²) in [5.74, 6) is -0.624. The minimum Gasteiger partial charge on any atom is -0.349 e. The van der Waals surface area contributed by atoms with Gasteiger partial charge in [-0.2, -0.15) is 0 Å². The van der Waals surface area contributed by atoms with Crippen LogP contribution < -0.4 is 10.6 Å². The van der Waals surface area contributed by atoms with Crippen LogP contribution in [0.2, 0.25) is 0 Å². The number of rotatable bonds is 5. The number of carbonyl (C=O) groups is 2. The molecule has 0 radical (unpaired) electrons. The Balaban J connectivity index is 2.21. The lowest BCUT2D eigenvalue weighted by molar-refractivity contribution is 0.0959. The van der Waals surface area contributed by atoms with E-state index in [1.165, 1.54) is 0 Å². The Labute approximate surface area is 129 Å². The molecule has 1 aromatic carbocycles. The molecule has 0 aliphatic heterocycles. The first-order chi connectivity index (χ1) is 10.6. The molecule has 0 saturated carbocycles. The normalized spacial score (nSPS) is 9.86. The zero-order chi connectivity index (χ0) is 15.9. The molecule has 0 spiro atoms. The first-order valence-electron chi connectivity index (χ1n) is 6.85. The topological polar surface area (TPSA) is 71.1 Å². The van der Waals surface area contributed by atoms with Gasteiger partial charge in [-0.15, -0.1) is 6.58 Å². The highest BCUT2D eigenvalue weighted by Crippen LogP contribution is 2.16. The van der Waals surface area contributed by atoms with Gasteiger partial charge in [0.1, 0.15) is 5.69 Å². The van der Waals surface area contributed by atoms with Gasteiger partial charge in [0, 0.05) is 12.2 Å². The van der Waals surface area contributed by atoms with Gasteiger partial charge in [-0.05, 0) is 31.2 Å². The van der Waals surface area contributed by atoms with Crippen LogP contribution in [0.25, 0.3) is 0 Å². The number of amides is 2. The van der Waals surface area contributed by atoms with Gasteiger partial charge in [0.25, 0.3) is 11.8 Å². The summed E-state index contributed by atoms with van der Waals surface area (Å²) in [4.78, 5) is 28.5. The lowest BCUT2D eigenvalue weighted by Gasteiger charge is -2.10. The molecule has 1 heterocycles. The van der Waals surface area contributed by atoms with Gasteiger partial charge < -0.3 is 10.6 Å². The highest BCUT2D eigenvalue weighted by Gasteiger charge is 2.14. The Morgan fingerprint density at radius 1 is 1.14 bits per heavy atom. The predicted octanol–water partition coefficient (Wildman–Crippen LogP) is 2.56. The fraction of sp³-hybridized carbons (Fsp3) is 0.118. The van der Waals surface area contributed by atoms with E-state index in [4.69, 9.17) is 0 Å². The number of nitrogens with zero attached hydrogens (tertiary/aromatic N) is 1. The van der Waals surface area contributed by atoms with E-state index in [9.17, 15) is 9.59 Å². The molecule has 0 fully saturated rings. The van der Waals surface area contributed by atoms with Crippen LogP contribution in [0.3, 0.4) is 0 Å². The van der Waals surface area contributed by atoms with Crippen molar-refractivity contribution in [2.24, 2.45) is 0 Å². The molecule has 5 nitrogen and oxygen atoms in total. The monoisotopic (exact) mass is 295 g/mol. The van der Waals surface area contributed by atoms with E-state index in [1.54, 1.807) is 42.5 Å². The van der Waals surface area contributed by atoms with Crippen molar-refractivity contribution in [2.75, 3.05) is 11.9 Å². The Hall–Kier alpha value is -2.95. The summed E-state index contributed by atoms with van der Waals surface area (Å²) >= 11 is 0. The maximum absolute atomic E-state index is 12.2. The molecular weight excluding hydrogens is 278 g/mol. The molecular formula is C17H17N3O2. The summed E-state index contributed by atoms with van der Waals surface area (Å²) < 4.78 is 0. The van der Waals surface area contributed by atoms with Crippen molar-refractivity contribution in [3.8, 4) is 0 Å². The molecule has 22 heavy (non-hydrogen) atoms. The van der Waals surface area contributed by atoms with Gasteiger partial charge in [0.2, 0.25) is 0 Å².